The van der Waals surface area contributed by atoms with Crippen molar-refractivity contribution in [2.75, 3.05) is 6.61 Å². The van der Waals surface area contributed by atoms with E-state index in [2.05, 4.69) is 0 Å². The van der Waals surface area contributed by atoms with E-state index in [9.17, 15) is 9.90 Å². The van der Waals surface area contributed by atoms with E-state index in [-0.39, 0.29) is 11.7 Å². The molecule has 17 heavy (non-hydrogen) atoms. The topological polar surface area (TPSA) is 66.8 Å². The Morgan fingerprint density at radius 1 is 1.53 bits per heavy atom. The van der Waals surface area contributed by atoms with Crippen molar-refractivity contribution >= 4 is 5.97 Å². The molecule has 4 heteroatoms. The fourth-order valence-corrected chi connectivity index (χ4v) is 2.36. The van der Waals surface area contributed by atoms with Gasteiger partial charge in [-0.2, -0.15) is 0 Å². The van der Waals surface area contributed by atoms with E-state index in [1.165, 1.54) is 0 Å². The van der Waals surface area contributed by atoms with Crippen molar-refractivity contribution in [2.45, 2.75) is 26.7 Å². The number of phenols is 1. The van der Waals surface area contributed by atoms with Crippen molar-refractivity contribution in [1.82, 2.24) is 0 Å². The Bertz CT molecular complexity index is 479. The van der Waals surface area contributed by atoms with Crippen LogP contribution in [0.15, 0.2) is 6.07 Å². The molecule has 1 aromatic rings. The predicted molar refractivity (Wildman–Crippen MR) is 62.6 cm³/mol. The average Bonchev–Trinajstić information content (AvgIpc) is 2.69. The normalized spacial score (nSPS) is 19.6. The Balaban J connectivity index is 2.52. The summed E-state index contributed by atoms with van der Waals surface area (Å²) in [6.07, 6.45) is 0. The number of aryl methyl sites for hydroxylation is 1. The molecule has 1 aliphatic heterocycles. The van der Waals surface area contributed by atoms with Crippen LogP contribution in [0.25, 0.3) is 0 Å². The van der Waals surface area contributed by atoms with Gasteiger partial charge in [0.15, 0.2) is 0 Å². The SMILES string of the molecule is Cc1cc(O)c(C)c2c1C(C(C)C(=O)O)CO2. The van der Waals surface area contributed by atoms with E-state index in [1.54, 1.807) is 19.9 Å². The molecule has 1 aliphatic rings. The molecule has 4 nitrogen and oxygen atoms in total. The van der Waals surface area contributed by atoms with Gasteiger partial charge in [-0.15, -0.1) is 0 Å². The number of benzene rings is 1. The second kappa shape index (κ2) is 3.95. The molecule has 1 aromatic carbocycles. The highest BCUT2D eigenvalue weighted by atomic mass is 16.5. The highest BCUT2D eigenvalue weighted by molar-refractivity contribution is 5.72. The van der Waals surface area contributed by atoms with Gasteiger partial charge >= 0.3 is 5.97 Å². The molecule has 0 bridgehead atoms. The fraction of sp³-hybridized carbons (Fsp3) is 0.462. The van der Waals surface area contributed by atoms with E-state index in [1.807, 2.05) is 6.92 Å². The third kappa shape index (κ3) is 1.73. The molecule has 2 unspecified atom stereocenters. The summed E-state index contributed by atoms with van der Waals surface area (Å²) in [6, 6.07) is 1.67. The Morgan fingerprint density at radius 2 is 2.18 bits per heavy atom. The van der Waals surface area contributed by atoms with Crippen molar-refractivity contribution < 1.29 is 19.7 Å². The summed E-state index contributed by atoms with van der Waals surface area (Å²) in [5.41, 5.74) is 2.50. The number of aliphatic carboxylic acids is 1. The Labute approximate surface area is 99.8 Å². The van der Waals surface area contributed by atoms with Crippen molar-refractivity contribution in [2.24, 2.45) is 5.92 Å². The molecule has 0 aromatic heterocycles. The molecular weight excluding hydrogens is 220 g/mol. The van der Waals surface area contributed by atoms with Gasteiger partial charge in [-0.3, -0.25) is 4.79 Å². The van der Waals surface area contributed by atoms with Gasteiger partial charge in [0, 0.05) is 17.0 Å². The van der Waals surface area contributed by atoms with Crippen LogP contribution >= 0.6 is 0 Å². The lowest BCUT2D eigenvalue weighted by Gasteiger charge is -2.16. The third-order valence-electron chi connectivity index (χ3n) is 3.52. The molecule has 2 rings (SSSR count). The quantitative estimate of drug-likeness (QED) is 0.826. The van der Waals surface area contributed by atoms with E-state index in [0.29, 0.717) is 17.9 Å². The van der Waals surface area contributed by atoms with Crippen LogP contribution in [0, 0.1) is 19.8 Å². The van der Waals surface area contributed by atoms with Crippen LogP contribution in [0.2, 0.25) is 0 Å². The van der Waals surface area contributed by atoms with Crippen LogP contribution in [-0.4, -0.2) is 22.8 Å². The average molecular weight is 236 g/mol. The number of hydrogen-bond donors (Lipinski definition) is 2. The van der Waals surface area contributed by atoms with Gasteiger partial charge in [-0.05, 0) is 25.5 Å². The number of carboxylic acid groups (broad SMARTS) is 1. The molecule has 0 aliphatic carbocycles. The molecule has 2 N–H and O–H groups in total. The molecule has 2 atom stereocenters. The lowest BCUT2D eigenvalue weighted by atomic mass is 9.85. The first-order valence-electron chi connectivity index (χ1n) is 5.62. The summed E-state index contributed by atoms with van der Waals surface area (Å²) in [7, 11) is 0. The maximum Gasteiger partial charge on any atom is 0.306 e. The zero-order valence-electron chi connectivity index (χ0n) is 10.2. The number of aromatic hydroxyl groups is 1. The summed E-state index contributed by atoms with van der Waals surface area (Å²) in [4.78, 5) is 11.1. The highest BCUT2D eigenvalue weighted by Crippen LogP contribution is 2.45. The Morgan fingerprint density at radius 3 is 2.76 bits per heavy atom. The predicted octanol–water partition coefficient (Wildman–Crippen LogP) is 2.21. The van der Waals surface area contributed by atoms with E-state index < -0.39 is 11.9 Å². The number of carboxylic acids is 1. The number of fused-ring (bicyclic) bond motifs is 1. The first kappa shape index (κ1) is 11.8. The highest BCUT2D eigenvalue weighted by Gasteiger charge is 2.35. The third-order valence-corrected chi connectivity index (χ3v) is 3.52. The molecule has 0 amide bonds. The number of rotatable bonds is 2. The summed E-state index contributed by atoms with van der Waals surface area (Å²) >= 11 is 0. The Kier molecular flexibility index (Phi) is 2.73. The van der Waals surface area contributed by atoms with Crippen LogP contribution in [0.3, 0.4) is 0 Å². The summed E-state index contributed by atoms with van der Waals surface area (Å²) in [5.74, 6) is -0.595. The van der Waals surface area contributed by atoms with Crippen LogP contribution in [0.1, 0.15) is 29.5 Å². The fourth-order valence-electron chi connectivity index (χ4n) is 2.36. The first-order valence-corrected chi connectivity index (χ1v) is 5.62. The van der Waals surface area contributed by atoms with Crippen molar-refractivity contribution in [3.8, 4) is 11.5 Å². The van der Waals surface area contributed by atoms with Gasteiger partial charge < -0.3 is 14.9 Å². The second-order valence-electron chi connectivity index (χ2n) is 4.62. The minimum atomic E-state index is -0.823. The largest absolute Gasteiger partial charge is 0.508 e. The van der Waals surface area contributed by atoms with Crippen molar-refractivity contribution in [1.29, 1.82) is 0 Å². The standard InChI is InChI=1S/C13H16O4/c1-6-4-10(14)8(3)12-11(6)9(5-17-12)7(2)13(15)16/h4,7,9,14H,5H2,1-3H3,(H,15,16). The molecule has 0 spiro atoms. The minimum absolute atomic E-state index is 0.137. The van der Waals surface area contributed by atoms with Gasteiger partial charge in [0.1, 0.15) is 11.5 Å². The zero-order chi connectivity index (χ0) is 12.7. The van der Waals surface area contributed by atoms with Crippen molar-refractivity contribution in [3.63, 3.8) is 0 Å². The van der Waals surface area contributed by atoms with Crippen LogP contribution in [0.5, 0.6) is 11.5 Å². The molecule has 0 radical (unpaired) electrons. The number of ether oxygens (including phenoxy) is 1. The molecule has 1 heterocycles. The number of hydrogen-bond acceptors (Lipinski definition) is 3. The van der Waals surface area contributed by atoms with Gasteiger partial charge in [0.05, 0.1) is 12.5 Å². The molecule has 92 valence electrons. The molecule has 0 fully saturated rings. The van der Waals surface area contributed by atoms with Crippen LogP contribution in [0.4, 0.5) is 0 Å². The van der Waals surface area contributed by atoms with Gasteiger partial charge in [-0.25, -0.2) is 0 Å². The summed E-state index contributed by atoms with van der Waals surface area (Å²) in [6.45, 7) is 5.71. The zero-order valence-corrected chi connectivity index (χ0v) is 10.2. The summed E-state index contributed by atoms with van der Waals surface area (Å²) in [5, 5.41) is 18.8. The maximum absolute atomic E-state index is 11.1. The van der Waals surface area contributed by atoms with Crippen molar-refractivity contribution in [3.05, 3.63) is 22.8 Å². The number of carbonyl (C=O) groups is 1. The lowest BCUT2D eigenvalue weighted by Crippen LogP contribution is -2.20. The van der Waals surface area contributed by atoms with Crippen LogP contribution in [-0.2, 0) is 4.79 Å². The van der Waals surface area contributed by atoms with E-state index in [0.717, 1.165) is 11.1 Å². The Hall–Kier alpha value is -1.71. The van der Waals surface area contributed by atoms with Crippen LogP contribution < -0.4 is 4.74 Å². The molecular formula is C13H16O4. The first-order chi connectivity index (χ1) is 7.93. The smallest absolute Gasteiger partial charge is 0.306 e. The second-order valence-corrected chi connectivity index (χ2v) is 4.62. The van der Waals surface area contributed by atoms with E-state index >= 15 is 0 Å². The molecule has 0 saturated carbocycles. The van der Waals surface area contributed by atoms with Gasteiger partial charge in [-0.1, -0.05) is 6.92 Å². The van der Waals surface area contributed by atoms with E-state index in [4.69, 9.17) is 9.84 Å². The monoisotopic (exact) mass is 236 g/mol. The molecule has 0 saturated heterocycles. The maximum atomic E-state index is 11.1. The minimum Gasteiger partial charge on any atom is -0.508 e. The summed E-state index contributed by atoms with van der Waals surface area (Å²) < 4.78 is 5.55. The number of phenolic OH excluding ortho intramolecular Hbond substituents is 1. The van der Waals surface area contributed by atoms with Gasteiger partial charge in [0.2, 0.25) is 0 Å². The van der Waals surface area contributed by atoms with Gasteiger partial charge in [0.25, 0.3) is 0 Å². The lowest BCUT2D eigenvalue weighted by molar-refractivity contribution is -0.142.